The van der Waals surface area contributed by atoms with E-state index in [0.29, 0.717) is 36.6 Å². The number of ketones is 1. The minimum absolute atomic E-state index is 0.0455. The summed E-state index contributed by atoms with van der Waals surface area (Å²) in [5, 5.41) is 24.3. The van der Waals surface area contributed by atoms with Crippen molar-refractivity contribution in [1.29, 1.82) is 10.5 Å². The SMILES string of the molecule is C=Cc1c(C(=O)NCCOC)ccc2c1=CCC(=CCC1CCCC(C(=O)c3ccc(-c4ccc(C(C#N)(C#N)CC)cc4)cc3)CC1)CC=2. The van der Waals surface area contributed by atoms with E-state index in [9.17, 15) is 20.1 Å². The summed E-state index contributed by atoms with van der Waals surface area (Å²) in [5.41, 5.74) is 5.20. The van der Waals surface area contributed by atoms with Gasteiger partial charge in [-0.15, -0.1) is 0 Å². The Labute approximate surface area is 296 Å². The standard InChI is InChI=1S/C44H47N3O3/c1-4-39-40-25-13-32(11-14-35(40)22-26-41(39)43(49)47-27-28-50-3)10-9-31-7-6-8-36(15-12-31)42(48)37-18-16-33(17-19-37)34-20-23-38(24-21-34)44(5-2,29-45)30-46/h4,10,14,16-26,31,36H,1,5-9,11-13,15,27-28H2,2-3H3,(H,47,49). The molecule has 2 unspecified atom stereocenters. The molecule has 2 aliphatic rings. The Bertz CT molecular complexity index is 1930. The van der Waals surface area contributed by atoms with E-state index in [-0.39, 0.29) is 17.6 Å². The van der Waals surface area contributed by atoms with Gasteiger partial charge in [-0.25, -0.2) is 0 Å². The fourth-order valence-electron chi connectivity index (χ4n) is 7.30. The van der Waals surface area contributed by atoms with Crippen LogP contribution in [0.15, 0.2) is 78.9 Å². The van der Waals surface area contributed by atoms with Gasteiger partial charge in [0.15, 0.2) is 11.2 Å². The molecule has 0 spiro atoms. The van der Waals surface area contributed by atoms with Crippen molar-refractivity contribution in [3.63, 3.8) is 0 Å². The maximum atomic E-state index is 13.6. The summed E-state index contributed by atoms with van der Waals surface area (Å²) in [5.74, 6) is 0.730. The van der Waals surface area contributed by atoms with Crippen molar-refractivity contribution in [3.05, 3.63) is 112 Å². The maximum Gasteiger partial charge on any atom is 0.251 e. The predicted octanol–water partition coefficient (Wildman–Crippen LogP) is 7.82. The number of amides is 1. The zero-order valence-corrected chi connectivity index (χ0v) is 29.3. The number of Topliss-reactive ketones (excluding diaryl/α,β-unsaturated/α-hetero) is 1. The summed E-state index contributed by atoms with van der Waals surface area (Å²) in [6, 6.07) is 23.7. The van der Waals surface area contributed by atoms with E-state index < -0.39 is 5.41 Å². The van der Waals surface area contributed by atoms with E-state index >= 15 is 0 Å². The molecule has 1 saturated carbocycles. The van der Waals surface area contributed by atoms with Gasteiger partial charge in [0.05, 0.1) is 18.7 Å². The number of hydrogen-bond donors (Lipinski definition) is 1. The fourth-order valence-corrected chi connectivity index (χ4v) is 7.30. The largest absolute Gasteiger partial charge is 0.383 e. The summed E-state index contributed by atoms with van der Waals surface area (Å²) >= 11 is 0. The van der Waals surface area contributed by atoms with Gasteiger partial charge in [0.25, 0.3) is 5.91 Å². The van der Waals surface area contributed by atoms with Crippen LogP contribution in [0.4, 0.5) is 0 Å². The Hall–Kier alpha value is -5.04. The third-order valence-electron chi connectivity index (χ3n) is 10.5. The molecular formula is C44H47N3O3. The summed E-state index contributed by atoms with van der Waals surface area (Å²) in [6.07, 6.45) is 16.9. The zero-order chi connectivity index (χ0) is 35.5. The lowest BCUT2D eigenvalue weighted by Gasteiger charge is -2.17. The van der Waals surface area contributed by atoms with E-state index in [1.54, 1.807) is 13.2 Å². The van der Waals surface area contributed by atoms with Crippen LogP contribution in [0.2, 0.25) is 0 Å². The van der Waals surface area contributed by atoms with Crippen LogP contribution in [0.5, 0.6) is 0 Å². The topological polar surface area (TPSA) is 103 Å². The summed E-state index contributed by atoms with van der Waals surface area (Å²) in [7, 11) is 1.62. The van der Waals surface area contributed by atoms with Gasteiger partial charge in [-0.2, -0.15) is 10.5 Å². The number of carbonyl (C=O) groups is 2. The number of carbonyl (C=O) groups excluding carboxylic acids is 2. The molecule has 2 aliphatic carbocycles. The van der Waals surface area contributed by atoms with Crippen molar-refractivity contribution in [2.24, 2.45) is 11.8 Å². The molecule has 6 nitrogen and oxygen atoms in total. The fraction of sp³-hybridized carbons (Fsp3) is 0.364. The van der Waals surface area contributed by atoms with E-state index in [2.05, 4.69) is 42.3 Å². The van der Waals surface area contributed by atoms with Crippen LogP contribution in [-0.2, 0) is 10.2 Å². The average molecular weight is 666 g/mol. The number of nitrogens with one attached hydrogen (secondary N) is 1. The van der Waals surface area contributed by atoms with Crippen LogP contribution in [0.1, 0.15) is 96.6 Å². The molecule has 256 valence electrons. The Morgan fingerprint density at radius 2 is 1.64 bits per heavy atom. The number of nitriles is 2. The van der Waals surface area contributed by atoms with Gasteiger partial charge in [0.1, 0.15) is 0 Å². The predicted molar refractivity (Wildman–Crippen MR) is 200 cm³/mol. The minimum Gasteiger partial charge on any atom is -0.383 e. The lowest BCUT2D eigenvalue weighted by atomic mass is 9.80. The number of ether oxygens (including phenoxy) is 1. The first-order chi connectivity index (χ1) is 24.4. The van der Waals surface area contributed by atoms with Crippen LogP contribution >= 0.6 is 0 Å². The molecule has 0 saturated heterocycles. The summed E-state index contributed by atoms with van der Waals surface area (Å²) in [4.78, 5) is 26.4. The first-order valence-corrected chi connectivity index (χ1v) is 17.8. The third-order valence-corrected chi connectivity index (χ3v) is 10.5. The van der Waals surface area contributed by atoms with Crippen molar-refractivity contribution in [2.75, 3.05) is 20.3 Å². The molecule has 6 heteroatoms. The van der Waals surface area contributed by atoms with Gasteiger partial charge in [0, 0.05) is 30.7 Å². The molecule has 50 heavy (non-hydrogen) atoms. The monoisotopic (exact) mass is 665 g/mol. The second kappa shape index (κ2) is 17.1. The van der Waals surface area contributed by atoms with Crippen LogP contribution in [0.3, 0.4) is 0 Å². The summed E-state index contributed by atoms with van der Waals surface area (Å²) in [6.45, 7) is 6.79. The Morgan fingerprint density at radius 3 is 2.30 bits per heavy atom. The molecule has 1 N–H and O–H groups in total. The van der Waals surface area contributed by atoms with E-state index in [4.69, 9.17) is 4.74 Å². The van der Waals surface area contributed by atoms with Crippen LogP contribution < -0.4 is 15.8 Å². The lowest BCUT2D eigenvalue weighted by Crippen LogP contribution is -2.33. The first-order valence-electron chi connectivity index (χ1n) is 17.8. The molecule has 1 amide bonds. The Morgan fingerprint density at radius 1 is 0.940 bits per heavy atom. The minimum atomic E-state index is -1.13. The highest BCUT2D eigenvalue weighted by Crippen LogP contribution is 2.33. The van der Waals surface area contributed by atoms with E-state index in [1.165, 1.54) is 5.57 Å². The molecule has 3 aromatic carbocycles. The Balaban J connectivity index is 1.18. The lowest BCUT2D eigenvalue weighted by molar-refractivity contribution is 0.0905. The van der Waals surface area contributed by atoms with Crippen LogP contribution in [0, 0.1) is 34.5 Å². The molecular weight excluding hydrogens is 619 g/mol. The van der Waals surface area contributed by atoms with Gasteiger partial charge in [-0.05, 0) is 89.6 Å². The van der Waals surface area contributed by atoms with Gasteiger partial charge in [0.2, 0.25) is 0 Å². The quantitative estimate of drug-likeness (QED) is 0.0920. The molecule has 3 aromatic rings. The molecule has 0 aromatic heterocycles. The molecule has 1 fully saturated rings. The molecule has 2 atom stereocenters. The van der Waals surface area contributed by atoms with Crippen molar-refractivity contribution in [1.82, 2.24) is 5.32 Å². The van der Waals surface area contributed by atoms with Gasteiger partial charge in [-0.1, -0.05) is 111 Å². The van der Waals surface area contributed by atoms with Crippen molar-refractivity contribution in [3.8, 4) is 23.3 Å². The number of allylic oxidation sites excluding steroid dienone is 2. The number of hydrogen-bond acceptors (Lipinski definition) is 5. The second-order valence-corrected chi connectivity index (χ2v) is 13.5. The van der Waals surface area contributed by atoms with Crippen LogP contribution in [-0.4, -0.2) is 32.0 Å². The highest BCUT2D eigenvalue weighted by molar-refractivity contribution is 5.98. The van der Waals surface area contributed by atoms with Gasteiger partial charge >= 0.3 is 0 Å². The van der Waals surface area contributed by atoms with E-state index in [1.807, 2.05) is 67.6 Å². The molecule has 0 bridgehead atoms. The zero-order valence-electron chi connectivity index (χ0n) is 29.3. The number of benzene rings is 3. The van der Waals surface area contributed by atoms with E-state index in [0.717, 1.165) is 84.1 Å². The van der Waals surface area contributed by atoms with Crippen molar-refractivity contribution < 1.29 is 14.3 Å². The first kappa shape index (κ1) is 36.2. The van der Waals surface area contributed by atoms with Gasteiger partial charge < -0.3 is 10.1 Å². The second-order valence-electron chi connectivity index (χ2n) is 13.5. The van der Waals surface area contributed by atoms with Crippen molar-refractivity contribution >= 4 is 29.9 Å². The summed E-state index contributed by atoms with van der Waals surface area (Å²) < 4.78 is 5.06. The molecule has 0 heterocycles. The smallest absolute Gasteiger partial charge is 0.251 e. The number of nitrogens with zero attached hydrogens (tertiary/aromatic N) is 2. The third kappa shape index (κ3) is 8.21. The number of rotatable bonds is 12. The molecule has 5 rings (SSSR count). The highest BCUT2D eigenvalue weighted by Gasteiger charge is 2.30. The van der Waals surface area contributed by atoms with Crippen LogP contribution in [0.25, 0.3) is 29.4 Å². The average Bonchev–Trinajstić information content (AvgIpc) is 3.53. The highest BCUT2D eigenvalue weighted by atomic mass is 16.5. The number of methoxy groups -OCH3 is 1. The maximum absolute atomic E-state index is 13.6. The Kier molecular flexibility index (Phi) is 12.4. The van der Waals surface area contributed by atoms with Gasteiger partial charge in [-0.3, -0.25) is 9.59 Å². The molecule has 0 radical (unpaired) electrons. The normalized spacial score (nSPS) is 18.2. The number of fused-ring (bicyclic) bond motifs is 1. The van der Waals surface area contributed by atoms with Crippen molar-refractivity contribution in [2.45, 2.75) is 70.1 Å². The molecule has 0 aliphatic heterocycles.